The molecule has 0 unspecified atom stereocenters. The van der Waals surface area contributed by atoms with Crippen molar-refractivity contribution in [2.75, 3.05) is 0 Å². The second-order valence-corrected chi connectivity index (χ2v) is 2.85. The molecule has 0 aromatic heterocycles. The number of carbonyl (C=O) groups excluding carboxylic acids is 1. The third-order valence-corrected chi connectivity index (χ3v) is 1.72. The number of ketones is 1. The van der Waals surface area contributed by atoms with Gasteiger partial charge in [0.15, 0.2) is 12.9 Å². The summed E-state index contributed by atoms with van der Waals surface area (Å²) in [7, 11) is 5.10. The zero-order valence-corrected chi connectivity index (χ0v) is 7.55. The molecule has 1 nitrogen and oxygen atoms in total. The molecule has 13 heavy (non-hydrogen) atoms. The van der Waals surface area contributed by atoms with Crippen molar-refractivity contribution >= 4 is 24.5 Å². The second kappa shape index (κ2) is 4.87. The lowest BCUT2D eigenvalue weighted by atomic mass is 10.1. The molecule has 0 amide bonds. The van der Waals surface area contributed by atoms with Crippen LogP contribution < -0.4 is 0 Å². The van der Waals surface area contributed by atoms with Crippen LogP contribution in [-0.2, 0) is 0 Å². The molecular formula is C9H6BFOS. The Hall–Kier alpha value is -1.03. The van der Waals surface area contributed by atoms with Crippen molar-refractivity contribution in [1.82, 2.24) is 0 Å². The molecule has 0 aliphatic heterocycles. The van der Waals surface area contributed by atoms with Crippen LogP contribution >= 0.6 is 11.6 Å². The summed E-state index contributed by atoms with van der Waals surface area (Å²) in [6, 6.07) is 5.36. The van der Waals surface area contributed by atoms with Crippen molar-refractivity contribution in [3.05, 3.63) is 47.1 Å². The van der Waals surface area contributed by atoms with Crippen molar-refractivity contribution in [2.45, 2.75) is 0 Å². The molecular weight excluding hydrogens is 186 g/mol. The summed E-state index contributed by atoms with van der Waals surface area (Å²) in [5.41, 5.74) is 0.451. The quantitative estimate of drug-likeness (QED) is 0.415. The highest BCUT2D eigenvalue weighted by atomic mass is 32.2. The number of benzene rings is 1. The summed E-state index contributed by atoms with van der Waals surface area (Å²) < 4.78 is 12.4. The van der Waals surface area contributed by atoms with Gasteiger partial charge in [0.1, 0.15) is 5.82 Å². The highest BCUT2D eigenvalue weighted by molar-refractivity contribution is 8.22. The van der Waals surface area contributed by atoms with Gasteiger partial charge in [-0.1, -0.05) is 0 Å². The minimum Gasteiger partial charge on any atom is -0.289 e. The van der Waals surface area contributed by atoms with E-state index in [4.69, 9.17) is 7.12 Å². The Morgan fingerprint density at radius 2 is 2.00 bits per heavy atom. The van der Waals surface area contributed by atoms with E-state index >= 15 is 0 Å². The highest BCUT2D eigenvalue weighted by Crippen LogP contribution is 2.05. The summed E-state index contributed by atoms with van der Waals surface area (Å²) >= 11 is 0.952. The Balaban J connectivity index is 2.78. The number of allylic oxidation sites excluding steroid dienone is 1. The molecule has 64 valence electrons. The van der Waals surface area contributed by atoms with Crippen molar-refractivity contribution in [3.63, 3.8) is 0 Å². The van der Waals surface area contributed by atoms with E-state index < -0.39 is 0 Å². The Bertz CT molecular complexity index is 321. The van der Waals surface area contributed by atoms with Crippen molar-refractivity contribution in [3.8, 4) is 0 Å². The minimum atomic E-state index is -0.353. The van der Waals surface area contributed by atoms with E-state index in [-0.39, 0.29) is 11.6 Å². The van der Waals surface area contributed by atoms with Crippen molar-refractivity contribution < 1.29 is 9.18 Å². The Morgan fingerprint density at radius 3 is 2.54 bits per heavy atom. The Kier molecular flexibility index (Phi) is 3.77. The average molecular weight is 192 g/mol. The second-order valence-electron chi connectivity index (χ2n) is 2.31. The standard InChI is InChI=1S/C9H6BFOS/c10-13-6-5-9(12)7-1-3-8(11)4-2-7/h1-6H/b6-5+. The number of rotatable bonds is 3. The summed E-state index contributed by atoms with van der Waals surface area (Å²) in [6.45, 7) is 0. The summed E-state index contributed by atoms with van der Waals surface area (Å²) in [4.78, 5) is 11.2. The molecule has 0 aliphatic rings. The molecule has 2 radical (unpaired) electrons. The van der Waals surface area contributed by atoms with E-state index in [9.17, 15) is 9.18 Å². The molecule has 0 N–H and O–H groups in total. The van der Waals surface area contributed by atoms with Crippen molar-refractivity contribution in [1.29, 1.82) is 0 Å². The van der Waals surface area contributed by atoms with Gasteiger partial charge in [-0.15, -0.1) is 0 Å². The number of hydrogen-bond donors (Lipinski definition) is 0. The van der Waals surface area contributed by atoms with Gasteiger partial charge in [-0.25, -0.2) is 16.0 Å². The summed E-state index contributed by atoms with van der Waals surface area (Å²) in [5.74, 6) is -0.535. The van der Waals surface area contributed by atoms with Gasteiger partial charge in [0, 0.05) is 5.56 Å². The first-order valence-corrected chi connectivity index (χ1v) is 4.50. The predicted molar refractivity (Wildman–Crippen MR) is 53.2 cm³/mol. The number of halogens is 1. The highest BCUT2D eigenvalue weighted by Gasteiger charge is 2.00. The summed E-state index contributed by atoms with van der Waals surface area (Å²) in [5, 5.41) is 1.48. The molecule has 1 aromatic carbocycles. The van der Waals surface area contributed by atoms with E-state index in [1.807, 2.05) is 0 Å². The Morgan fingerprint density at radius 1 is 1.38 bits per heavy atom. The van der Waals surface area contributed by atoms with Crippen LogP contribution in [0.4, 0.5) is 4.39 Å². The zero-order valence-electron chi connectivity index (χ0n) is 6.74. The van der Waals surface area contributed by atoms with Crippen molar-refractivity contribution in [2.24, 2.45) is 0 Å². The Labute approximate surface area is 81.3 Å². The number of carbonyl (C=O) groups is 1. The first kappa shape index (κ1) is 10.1. The lowest BCUT2D eigenvalue weighted by Crippen LogP contribution is -1.93. The van der Waals surface area contributed by atoms with Gasteiger partial charge in [-0.2, -0.15) is 0 Å². The molecule has 0 saturated heterocycles. The molecule has 1 rings (SSSR count). The topological polar surface area (TPSA) is 17.1 Å². The molecule has 0 atom stereocenters. The first-order valence-electron chi connectivity index (χ1n) is 3.56. The largest absolute Gasteiger partial charge is 0.289 e. The molecule has 0 aliphatic carbocycles. The van der Waals surface area contributed by atoms with Gasteiger partial charge in [0.2, 0.25) is 0 Å². The van der Waals surface area contributed by atoms with Crippen LogP contribution in [-0.4, -0.2) is 12.9 Å². The van der Waals surface area contributed by atoms with E-state index in [1.165, 1.54) is 35.7 Å². The van der Waals surface area contributed by atoms with Gasteiger partial charge in [-0.3, -0.25) is 4.79 Å². The van der Waals surface area contributed by atoms with Gasteiger partial charge in [0.05, 0.1) is 0 Å². The third-order valence-electron chi connectivity index (χ3n) is 1.43. The monoisotopic (exact) mass is 192 g/mol. The smallest absolute Gasteiger partial charge is 0.186 e. The van der Waals surface area contributed by atoms with Gasteiger partial charge in [-0.05, 0) is 35.7 Å². The number of hydrogen-bond acceptors (Lipinski definition) is 2. The normalized spacial score (nSPS) is 10.5. The molecule has 0 saturated carbocycles. The van der Waals surface area contributed by atoms with Gasteiger partial charge >= 0.3 is 0 Å². The molecule has 4 heteroatoms. The van der Waals surface area contributed by atoms with Crippen LogP contribution in [0.3, 0.4) is 0 Å². The van der Waals surface area contributed by atoms with Crippen LogP contribution in [0.5, 0.6) is 0 Å². The lowest BCUT2D eigenvalue weighted by molar-refractivity contribution is 0.104. The molecule has 1 aromatic rings. The van der Waals surface area contributed by atoms with Gasteiger partial charge in [0.25, 0.3) is 0 Å². The van der Waals surface area contributed by atoms with Crippen LogP contribution in [0.2, 0.25) is 0 Å². The average Bonchev–Trinajstić information content (AvgIpc) is 2.15. The fourth-order valence-corrected chi connectivity index (χ4v) is 1.01. The first-order chi connectivity index (χ1) is 6.24. The van der Waals surface area contributed by atoms with Crippen LogP contribution in [0.25, 0.3) is 0 Å². The zero-order chi connectivity index (χ0) is 9.68. The van der Waals surface area contributed by atoms with Crippen LogP contribution in [0, 0.1) is 5.82 Å². The van der Waals surface area contributed by atoms with Crippen LogP contribution in [0.1, 0.15) is 10.4 Å². The molecule has 0 fully saturated rings. The van der Waals surface area contributed by atoms with Gasteiger partial charge < -0.3 is 0 Å². The maximum Gasteiger partial charge on any atom is 0.186 e. The third kappa shape index (κ3) is 3.07. The lowest BCUT2D eigenvalue weighted by Gasteiger charge is -1.94. The van der Waals surface area contributed by atoms with Crippen LogP contribution in [0.15, 0.2) is 35.7 Å². The fraction of sp³-hybridized carbons (Fsp3) is 0. The fourth-order valence-electron chi connectivity index (χ4n) is 0.811. The SMILES string of the molecule is [B]S/C=C/C(=O)c1ccc(F)cc1. The van der Waals surface area contributed by atoms with E-state index in [0.29, 0.717) is 5.56 Å². The molecule has 0 spiro atoms. The van der Waals surface area contributed by atoms with E-state index in [2.05, 4.69) is 0 Å². The predicted octanol–water partition coefficient (Wildman–Crippen LogP) is 2.34. The molecule has 0 heterocycles. The maximum absolute atomic E-state index is 12.4. The van der Waals surface area contributed by atoms with E-state index in [1.54, 1.807) is 0 Å². The maximum atomic E-state index is 12.4. The minimum absolute atomic E-state index is 0.182. The van der Waals surface area contributed by atoms with E-state index in [0.717, 1.165) is 11.6 Å². The summed E-state index contributed by atoms with van der Waals surface area (Å²) in [6.07, 6.45) is 1.35. The molecule has 0 bridgehead atoms.